The van der Waals surface area contributed by atoms with Crippen LogP contribution in [0.4, 0.5) is 5.95 Å². The van der Waals surface area contributed by atoms with E-state index >= 15 is 0 Å². The minimum Gasteiger partial charge on any atom is -0.356 e. The van der Waals surface area contributed by atoms with E-state index in [2.05, 4.69) is 29.5 Å². The van der Waals surface area contributed by atoms with E-state index in [0.29, 0.717) is 18.2 Å². The Balaban J connectivity index is 1.92. The van der Waals surface area contributed by atoms with Crippen molar-refractivity contribution in [3.8, 4) is 0 Å². The standard InChI is InChI=1S/C12H20N4O/c1-9(2)4-6-13-11(17)10-8-16-7-3-5-14-12(16)15-10/h8-9H,3-7H2,1-2H3,(H,13,17)(H,14,15). The lowest BCUT2D eigenvalue weighted by molar-refractivity contribution is 0.0947. The van der Waals surface area contributed by atoms with Crippen LogP contribution in [0, 0.1) is 5.92 Å². The minimum absolute atomic E-state index is 0.0747. The molecule has 0 radical (unpaired) electrons. The maximum Gasteiger partial charge on any atom is 0.271 e. The molecule has 2 heterocycles. The van der Waals surface area contributed by atoms with E-state index in [9.17, 15) is 4.79 Å². The molecule has 0 saturated heterocycles. The van der Waals surface area contributed by atoms with Crippen molar-refractivity contribution in [1.82, 2.24) is 14.9 Å². The molecule has 0 aliphatic carbocycles. The quantitative estimate of drug-likeness (QED) is 0.832. The molecule has 0 atom stereocenters. The Bertz CT molecular complexity index is 374. The van der Waals surface area contributed by atoms with Crippen molar-refractivity contribution in [2.24, 2.45) is 5.92 Å². The van der Waals surface area contributed by atoms with Gasteiger partial charge in [0.25, 0.3) is 5.91 Å². The summed E-state index contributed by atoms with van der Waals surface area (Å²) in [6.45, 7) is 6.88. The summed E-state index contributed by atoms with van der Waals surface area (Å²) < 4.78 is 2.00. The molecule has 94 valence electrons. The van der Waals surface area contributed by atoms with E-state index in [4.69, 9.17) is 0 Å². The van der Waals surface area contributed by atoms with Crippen LogP contribution in [0.3, 0.4) is 0 Å². The Hall–Kier alpha value is -1.52. The van der Waals surface area contributed by atoms with Crippen molar-refractivity contribution >= 4 is 11.9 Å². The maximum absolute atomic E-state index is 11.8. The first-order chi connectivity index (χ1) is 8.16. The van der Waals surface area contributed by atoms with Crippen molar-refractivity contribution in [1.29, 1.82) is 0 Å². The number of hydrogen-bond donors (Lipinski definition) is 2. The summed E-state index contributed by atoms with van der Waals surface area (Å²) in [6, 6.07) is 0. The molecule has 1 amide bonds. The van der Waals surface area contributed by atoms with Crippen LogP contribution in [0.15, 0.2) is 6.20 Å². The van der Waals surface area contributed by atoms with Gasteiger partial charge in [0.2, 0.25) is 5.95 Å². The fourth-order valence-electron chi connectivity index (χ4n) is 1.85. The van der Waals surface area contributed by atoms with Crippen LogP contribution in [0.1, 0.15) is 37.2 Å². The third-order valence-electron chi connectivity index (χ3n) is 2.88. The average Bonchev–Trinajstić information content (AvgIpc) is 2.71. The van der Waals surface area contributed by atoms with Gasteiger partial charge >= 0.3 is 0 Å². The van der Waals surface area contributed by atoms with Crippen molar-refractivity contribution in [3.63, 3.8) is 0 Å². The Morgan fingerprint density at radius 1 is 1.65 bits per heavy atom. The fourth-order valence-corrected chi connectivity index (χ4v) is 1.85. The minimum atomic E-state index is -0.0747. The number of nitrogens with zero attached hydrogens (tertiary/aromatic N) is 2. The number of anilines is 1. The summed E-state index contributed by atoms with van der Waals surface area (Å²) in [6.07, 6.45) is 3.90. The van der Waals surface area contributed by atoms with Gasteiger partial charge in [0, 0.05) is 25.8 Å². The summed E-state index contributed by atoms with van der Waals surface area (Å²) in [5.41, 5.74) is 0.512. The predicted molar refractivity (Wildman–Crippen MR) is 67.1 cm³/mol. The molecular weight excluding hydrogens is 216 g/mol. The van der Waals surface area contributed by atoms with Crippen molar-refractivity contribution < 1.29 is 4.79 Å². The highest BCUT2D eigenvalue weighted by Gasteiger charge is 2.15. The van der Waals surface area contributed by atoms with Gasteiger partial charge in [-0.05, 0) is 18.8 Å². The molecule has 5 nitrogen and oxygen atoms in total. The lowest BCUT2D eigenvalue weighted by atomic mass is 10.1. The molecule has 1 aliphatic heterocycles. The first-order valence-electron chi connectivity index (χ1n) is 6.26. The zero-order chi connectivity index (χ0) is 12.3. The van der Waals surface area contributed by atoms with E-state index in [0.717, 1.165) is 31.9 Å². The summed E-state index contributed by atoms with van der Waals surface area (Å²) in [7, 11) is 0. The SMILES string of the molecule is CC(C)CCNC(=O)c1cn2c(n1)NCCC2. The number of carbonyl (C=O) groups excluding carboxylic acids is 1. The maximum atomic E-state index is 11.8. The van der Waals surface area contributed by atoms with Crippen LogP contribution in [-0.2, 0) is 6.54 Å². The number of amides is 1. The van der Waals surface area contributed by atoms with E-state index in [1.807, 2.05) is 10.8 Å². The molecule has 17 heavy (non-hydrogen) atoms. The molecule has 5 heteroatoms. The topological polar surface area (TPSA) is 59.0 Å². The first-order valence-corrected chi connectivity index (χ1v) is 6.26. The lowest BCUT2D eigenvalue weighted by Gasteiger charge is -2.14. The molecule has 0 aromatic carbocycles. The normalized spacial score (nSPS) is 14.3. The second-order valence-electron chi connectivity index (χ2n) is 4.86. The Labute approximate surface area is 102 Å². The summed E-state index contributed by atoms with van der Waals surface area (Å²) >= 11 is 0. The van der Waals surface area contributed by atoms with E-state index < -0.39 is 0 Å². The Morgan fingerprint density at radius 3 is 3.18 bits per heavy atom. The second kappa shape index (κ2) is 5.21. The smallest absolute Gasteiger partial charge is 0.271 e. The van der Waals surface area contributed by atoms with Crippen LogP contribution in [0.25, 0.3) is 0 Å². The van der Waals surface area contributed by atoms with E-state index in [1.165, 1.54) is 0 Å². The largest absolute Gasteiger partial charge is 0.356 e. The molecular formula is C12H20N4O. The number of aryl methyl sites for hydroxylation is 1. The summed E-state index contributed by atoms with van der Waals surface area (Å²) in [5.74, 6) is 1.34. The van der Waals surface area contributed by atoms with Gasteiger partial charge in [-0.3, -0.25) is 4.79 Å². The number of hydrogen-bond acceptors (Lipinski definition) is 3. The fraction of sp³-hybridized carbons (Fsp3) is 0.667. The molecule has 1 aromatic heterocycles. The van der Waals surface area contributed by atoms with Gasteiger partial charge in [-0.15, -0.1) is 0 Å². The second-order valence-corrected chi connectivity index (χ2v) is 4.86. The molecule has 0 spiro atoms. The summed E-state index contributed by atoms with van der Waals surface area (Å²) in [4.78, 5) is 16.1. The molecule has 0 fully saturated rings. The molecule has 1 aromatic rings. The van der Waals surface area contributed by atoms with Crippen LogP contribution < -0.4 is 10.6 Å². The van der Waals surface area contributed by atoms with Crippen LogP contribution in [0.2, 0.25) is 0 Å². The molecule has 0 unspecified atom stereocenters. The summed E-state index contributed by atoms with van der Waals surface area (Å²) in [5, 5.41) is 6.08. The zero-order valence-corrected chi connectivity index (χ0v) is 10.5. The molecule has 2 rings (SSSR count). The average molecular weight is 236 g/mol. The Morgan fingerprint density at radius 2 is 2.47 bits per heavy atom. The van der Waals surface area contributed by atoms with Gasteiger partial charge in [0.1, 0.15) is 5.69 Å². The number of aromatic nitrogens is 2. The van der Waals surface area contributed by atoms with E-state index in [1.54, 1.807) is 0 Å². The van der Waals surface area contributed by atoms with Gasteiger partial charge < -0.3 is 15.2 Å². The van der Waals surface area contributed by atoms with Crippen LogP contribution >= 0.6 is 0 Å². The zero-order valence-electron chi connectivity index (χ0n) is 10.5. The molecule has 1 aliphatic rings. The van der Waals surface area contributed by atoms with Gasteiger partial charge in [0.15, 0.2) is 0 Å². The number of rotatable bonds is 4. The molecule has 2 N–H and O–H groups in total. The highest BCUT2D eigenvalue weighted by molar-refractivity contribution is 5.92. The number of imidazole rings is 1. The third-order valence-corrected chi connectivity index (χ3v) is 2.88. The van der Waals surface area contributed by atoms with Crippen LogP contribution in [-0.4, -0.2) is 28.5 Å². The lowest BCUT2D eigenvalue weighted by Crippen LogP contribution is -2.25. The van der Waals surface area contributed by atoms with Gasteiger partial charge in [-0.25, -0.2) is 4.98 Å². The monoisotopic (exact) mass is 236 g/mol. The highest BCUT2D eigenvalue weighted by atomic mass is 16.1. The van der Waals surface area contributed by atoms with Gasteiger partial charge in [0.05, 0.1) is 0 Å². The van der Waals surface area contributed by atoms with Gasteiger partial charge in [-0.1, -0.05) is 13.8 Å². The third kappa shape index (κ3) is 2.99. The predicted octanol–water partition coefficient (Wildman–Crippen LogP) is 1.47. The van der Waals surface area contributed by atoms with E-state index in [-0.39, 0.29) is 5.91 Å². The van der Waals surface area contributed by atoms with Crippen molar-refractivity contribution in [2.75, 3.05) is 18.4 Å². The highest BCUT2D eigenvalue weighted by Crippen LogP contribution is 2.13. The first kappa shape index (κ1) is 12.0. The van der Waals surface area contributed by atoms with Crippen LogP contribution in [0.5, 0.6) is 0 Å². The van der Waals surface area contributed by atoms with Crippen molar-refractivity contribution in [3.05, 3.63) is 11.9 Å². The molecule has 0 bridgehead atoms. The number of carbonyl (C=O) groups is 1. The van der Waals surface area contributed by atoms with Gasteiger partial charge in [-0.2, -0.15) is 0 Å². The number of nitrogens with one attached hydrogen (secondary N) is 2. The number of fused-ring (bicyclic) bond motifs is 1. The van der Waals surface area contributed by atoms with Crippen molar-refractivity contribution in [2.45, 2.75) is 33.2 Å². The Kier molecular flexibility index (Phi) is 3.66. The molecule has 0 saturated carbocycles.